The van der Waals surface area contributed by atoms with E-state index in [1.165, 1.54) is 17.7 Å². The number of aromatic nitrogens is 6. The minimum Gasteiger partial charge on any atom is -0.334 e. The predicted molar refractivity (Wildman–Crippen MR) is 165 cm³/mol. The van der Waals surface area contributed by atoms with Crippen molar-refractivity contribution in [2.45, 2.75) is 44.9 Å². The Balaban J connectivity index is 1.22. The van der Waals surface area contributed by atoms with Gasteiger partial charge in [0.15, 0.2) is 0 Å². The largest absolute Gasteiger partial charge is 0.334 e. The van der Waals surface area contributed by atoms with E-state index >= 15 is 0 Å². The summed E-state index contributed by atoms with van der Waals surface area (Å²) >= 11 is 6.79. The third-order valence-corrected chi connectivity index (χ3v) is 9.03. The van der Waals surface area contributed by atoms with Gasteiger partial charge in [-0.05, 0) is 68.5 Å². The number of benzene rings is 1. The van der Waals surface area contributed by atoms with Gasteiger partial charge >= 0.3 is 0 Å². The van der Waals surface area contributed by atoms with Crippen molar-refractivity contribution >= 4 is 45.0 Å². The Labute approximate surface area is 251 Å². The first-order valence-corrected chi connectivity index (χ1v) is 15.0. The normalized spacial score (nSPS) is 19.2. The van der Waals surface area contributed by atoms with E-state index in [9.17, 15) is 9.18 Å². The Morgan fingerprint density at radius 2 is 2.00 bits per heavy atom. The van der Waals surface area contributed by atoms with E-state index in [0.717, 1.165) is 62.2 Å². The number of nitrogens with zero attached hydrogens (tertiary/aromatic N) is 6. The standard InChI is InChI=1S/C32H30ClFN8O/c1-17-29(39-42-14-22(9-25(33)30(17)42)32(43)40-15-23(34)11-24(35)16-40)28-10-20-5-6-26(37-31(20)41(28)13-18-2-3-18)19-4-7-27-21(8-19)12-36-38-27/h4-10,12,14,18,23-24H,2-3,11,13,15-16,35H2,1H3,(H,36,38)/t23-,24-/m1/s1. The maximum atomic E-state index is 14.2. The van der Waals surface area contributed by atoms with Gasteiger partial charge in [-0.25, -0.2) is 13.9 Å². The number of aromatic amines is 1. The molecule has 1 aliphatic carbocycles. The lowest BCUT2D eigenvalue weighted by molar-refractivity contribution is 0.0606. The number of carbonyl (C=O) groups excluding carboxylic acids is 1. The highest BCUT2D eigenvalue weighted by atomic mass is 35.5. The summed E-state index contributed by atoms with van der Waals surface area (Å²) in [5.74, 6) is 0.298. The summed E-state index contributed by atoms with van der Waals surface area (Å²) in [6, 6.07) is 13.7. The molecule has 2 fully saturated rings. The van der Waals surface area contributed by atoms with E-state index < -0.39 is 6.17 Å². The second-order valence-electron chi connectivity index (χ2n) is 12.0. The Morgan fingerprint density at radius 1 is 1.14 bits per heavy atom. The van der Waals surface area contributed by atoms with Gasteiger partial charge in [-0.15, -0.1) is 0 Å². The molecule has 0 unspecified atom stereocenters. The fourth-order valence-corrected chi connectivity index (χ4v) is 6.73. The molecule has 1 amide bonds. The highest BCUT2D eigenvalue weighted by Crippen LogP contribution is 2.38. The Morgan fingerprint density at radius 3 is 2.81 bits per heavy atom. The first-order valence-electron chi connectivity index (χ1n) is 14.6. The van der Waals surface area contributed by atoms with Crippen LogP contribution in [0.3, 0.4) is 0 Å². The van der Waals surface area contributed by atoms with Gasteiger partial charge in [0.05, 0.1) is 45.7 Å². The molecular formula is C32H30ClFN8O. The summed E-state index contributed by atoms with van der Waals surface area (Å²) in [6.07, 6.45) is 5.01. The van der Waals surface area contributed by atoms with Crippen molar-refractivity contribution in [2.75, 3.05) is 13.1 Å². The van der Waals surface area contributed by atoms with Crippen LogP contribution in [0.1, 0.15) is 35.2 Å². The summed E-state index contributed by atoms with van der Waals surface area (Å²) in [4.78, 5) is 20.0. The molecule has 1 saturated heterocycles. The zero-order valence-corrected chi connectivity index (χ0v) is 24.4. The summed E-state index contributed by atoms with van der Waals surface area (Å²) in [5, 5.41) is 14.6. The number of pyridine rings is 2. The lowest BCUT2D eigenvalue weighted by Gasteiger charge is -2.33. The lowest BCUT2D eigenvalue weighted by Crippen LogP contribution is -2.50. The minimum absolute atomic E-state index is 0.0256. The summed E-state index contributed by atoms with van der Waals surface area (Å²) < 4.78 is 18.1. The quantitative estimate of drug-likeness (QED) is 0.262. The van der Waals surface area contributed by atoms with Crippen LogP contribution in [-0.2, 0) is 6.54 Å². The van der Waals surface area contributed by atoms with Crippen LogP contribution in [0.15, 0.2) is 54.9 Å². The van der Waals surface area contributed by atoms with Crippen LogP contribution in [0.2, 0.25) is 5.02 Å². The van der Waals surface area contributed by atoms with Crippen molar-refractivity contribution < 1.29 is 9.18 Å². The van der Waals surface area contributed by atoms with Crippen LogP contribution < -0.4 is 5.73 Å². The van der Waals surface area contributed by atoms with Crippen LogP contribution in [0, 0.1) is 12.8 Å². The molecule has 9 nitrogen and oxygen atoms in total. The number of rotatable bonds is 5. The number of aryl methyl sites for hydroxylation is 1. The van der Waals surface area contributed by atoms with Gasteiger partial charge in [0.1, 0.15) is 17.5 Å². The van der Waals surface area contributed by atoms with Gasteiger partial charge in [-0.3, -0.25) is 9.89 Å². The molecular weight excluding hydrogens is 567 g/mol. The lowest BCUT2D eigenvalue weighted by atomic mass is 10.0. The van der Waals surface area contributed by atoms with E-state index in [4.69, 9.17) is 27.4 Å². The monoisotopic (exact) mass is 596 g/mol. The molecule has 0 radical (unpaired) electrons. The number of alkyl halides is 1. The number of H-pyrrole nitrogens is 1. The number of hydrogen-bond acceptors (Lipinski definition) is 5. The van der Waals surface area contributed by atoms with E-state index in [2.05, 4.69) is 45.1 Å². The number of nitrogens with one attached hydrogen (secondary N) is 1. The zero-order chi connectivity index (χ0) is 29.4. The third kappa shape index (κ3) is 4.56. The van der Waals surface area contributed by atoms with Crippen molar-refractivity contribution in [1.82, 2.24) is 34.3 Å². The molecule has 6 heterocycles. The highest BCUT2D eigenvalue weighted by Gasteiger charge is 2.30. The molecule has 2 atom stereocenters. The number of amides is 1. The third-order valence-electron chi connectivity index (χ3n) is 8.74. The summed E-state index contributed by atoms with van der Waals surface area (Å²) in [7, 11) is 0. The number of halogens is 2. The number of hydrogen-bond donors (Lipinski definition) is 2. The second-order valence-corrected chi connectivity index (χ2v) is 12.4. The van der Waals surface area contributed by atoms with E-state index in [1.807, 2.05) is 19.2 Å². The Bertz CT molecular complexity index is 2050. The predicted octanol–water partition coefficient (Wildman–Crippen LogP) is 5.78. The average Bonchev–Trinajstić information content (AvgIpc) is 3.40. The first-order chi connectivity index (χ1) is 20.8. The molecule has 6 aromatic rings. The number of piperidine rings is 1. The Hall–Kier alpha value is -4.28. The molecule has 0 spiro atoms. The van der Waals surface area contributed by atoms with Gasteiger partial charge in [0.2, 0.25) is 0 Å². The number of fused-ring (bicyclic) bond motifs is 3. The number of nitrogens with two attached hydrogens (primary N) is 1. The summed E-state index contributed by atoms with van der Waals surface area (Å²) in [5.41, 5.74) is 13.6. The van der Waals surface area contributed by atoms with Gasteiger partial charge in [0.25, 0.3) is 5.91 Å². The van der Waals surface area contributed by atoms with E-state index in [0.29, 0.717) is 23.0 Å². The number of carbonyl (C=O) groups is 1. The molecule has 11 heteroatoms. The molecule has 218 valence electrons. The van der Waals surface area contributed by atoms with Gasteiger partial charge < -0.3 is 15.2 Å². The second kappa shape index (κ2) is 9.89. The zero-order valence-electron chi connectivity index (χ0n) is 23.6. The van der Waals surface area contributed by atoms with Crippen LogP contribution in [-0.4, -0.2) is 65.5 Å². The smallest absolute Gasteiger partial charge is 0.255 e. The van der Waals surface area contributed by atoms with Crippen LogP contribution in [0.5, 0.6) is 0 Å². The van der Waals surface area contributed by atoms with Gasteiger partial charge in [-0.1, -0.05) is 17.7 Å². The minimum atomic E-state index is -1.14. The molecule has 1 saturated carbocycles. The maximum Gasteiger partial charge on any atom is 0.255 e. The van der Waals surface area contributed by atoms with E-state index in [1.54, 1.807) is 16.8 Å². The van der Waals surface area contributed by atoms with Crippen molar-refractivity contribution in [3.05, 3.63) is 71.0 Å². The van der Waals surface area contributed by atoms with Crippen LogP contribution in [0.25, 0.3) is 50.1 Å². The Kier molecular flexibility index (Phi) is 6.06. The maximum absolute atomic E-state index is 14.2. The van der Waals surface area contributed by atoms with E-state index in [-0.39, 0.29) is 24.9 Å². The number of likely N-dealkylation sites (tertiary alicyclic amines) is 1. The molecule has 43 heavy (non-hydrogen) atoms. The molecule has 2 aliphatic rings. The molecule has 8 rings (SSSR count). The molecule has 5 aromatic heterocycles. The molecule has 3 N–H and O–H groups in total. The van der Waals surface area contributed by atoms with Crippen molar-refractivity contribution in [3.63, 3.8) is 0 Å². The van der Waals surface area contributed by atoms with Crippen LogP contribution in [0.4, 0.5) is 4.39 Å². The highest BCUT2D eigenvalue weighted by molar-refractivity contribution is 6.34. The fourth-order valence-electron chi connectivity index (χ4n) is 6.39. The average molecular weight is 597 g/mol. The SMILES string of the molecule is Cc1c(-c2cc3ccc(-c4ccc5[nH]ncc5c4)nc3n2CC2CC2)nn2cc(C(=O)N3C[C@H](N)C[C@@H](F)C3)cc(Cl)c12. The topological polar surface area (TPSA) is 110 Å². The van der Waals surface area contributed by atoms with Crippen molar-refractivity contribution in [3.8, 4) is 22.6 Å². The fraction of sp³-hybridized carbons (Fsp3) is 0.312. The van der Waals surface area contributed by atoms with Crippen LogP contribution >= 0.6 is 11.6 Å². The molecule has 0 bridgehead atoms. The van der Waals surface area contributed by atoms with Gasteiger partial charge in [-0.2, -0.15) is 10.2 Å². The van der Waals surface area contributed by atoms with Crippen molar-refractivity contribution in [2.24, 2.45) is 11.7 Å². The van der Waals surface area contributed by atoms with Gasteiger partial charge in [0, 0.05) is 47.2 Å². The molecule has 1 aromatic carbocycles. The van der Waals surface area contributed by atoms with Crippen molar-refractivity contribution in [1.29, 1.82) is 0 Å². The molecule has 1 aliphatic heterocycles. The summed E-state index contributed by atoms with van der Waals surface area (Å²) in [6.45, 7) is 3.18. The first kappa shape index (κ1) is 26.4.